The van der Waals surface area contributed by atoms with E-state index in [1.165, 1.54) is 11.1 Å². The van der Waals surface area contributed by atoms with Gasteiger partial charge in [0, 0.05) is 17.1 Å². The summed E-state index contributed by atoms with van der Waals surface area (Å²) >= 11 is 5.92. The molecule has 0 saturated heterocycles. The third kappa shape index (κ3) is 3.88. The number of halogens is 1. The SMILES string of the molecule is NC(=O)c1cc(Cl)ccc1NCC(=O)N1N=C(c2ccco2)CC1c1ccco1. The van der Waals surface area contributed by atoms with Crippen LogP contribution in [0.25, 0.3) is 0 Å². The number of hydrogen-bond acceptors (Lipinski definition) is 6. The van der Waals surface area contributed by atoms with Gasteiger partial charge >= 0.3 is 0 Å². The highest BCUT2D eigenvalue weighted by Crippen LogP contribution is 2.33. The Morgan fingerprint density at radius 1 is 1.21 bits per heavy atom. The molecule has 0 bridgehead atoms. The predicted molar refractivity (Wildman–Crippen MR) is 107 cm³/mol. The van der Waals surface area contributed by atoms with Crippen LogP contribution in [0.2, 0.25) is 5.02 Å². The zero-order chi connectivity index (χ0) is 20.4. The Morgan fingerprint density at radius 3 is 2.69 bits per heavy atom. The third-order valence-corrected chi connectivity index (χ3v) is 4.76. The standard InChI is InChI=1S/C20H17ClN4O4/c21-12-5-6-14(13(9-12)20(22)27)23-11-19(26)25-16(18-4-2-8-29-18)10-15(24-25)17-3-1-7-28-17/h1-9,16,23H,10-11H2,(H2,22,27). The number of hydrazone groups is 1. The summed E-state index contributed by atoms with van der Waals surface area (Å²) in [7, 11) is 0. The maximum Gasteiger partial charge on any atom is 0.262 e. The average molecular weight is 413 g/mol. The number of primary amides is 1. The summed E-state index contributed by atoms with van der Waals surface area (Å²) in [6.45, 7) is -0.103. The topological polar surface area (TPSA) is 114 Å². The summed E-state index contributed by atoms with van der Waals surface area (Å²) in [5.41, 5.74) is 6.66. The Labute approximate surface area is 170 Å². The van der Waals surface area contributed by atoms with E-state index in [-0.39, 0.29) is 24.1 Å². The molecule has 1 aliphatic rings. The van der Waals surface area contributed by atoms with Gasteiger partial charge in [0.2, 0.25) is 0 Å². The Balaban J connectivity index is 1.55. The largest absolute Gasteiger partial charge is 0.467 e. The Kier molecular flexibility index (Phi) is 5.09. The van der Waals surface area contributed by atoms with Crippen molar-refractivity contribution < 1.29 is 18.4 Å². The van der Waals surface area contributed by atoms with Gasteiger partial charge in [-0.25, -0.2) is 5.01 Å². The maximum atomic E-state index is 12.9. The van der Waals surface area contributed by atoms with E-state index in [0.29, 0.717) is 34.4 Å². The summed E-state index contributed by atoms with van der Waals surface area (Å²) in [6, 6.07) is 11.4. The van der Waals surface area contributed by atoms with Crippen LogP contribution >= 0.6 is 11.6 Å². The number of nitrogens with zero attached hydrogens (tertiary/aromatic N) is 2. The maximum absolute atomic E-state index is 12.9. The number of benzene rings is 1. The second-order valence-electron chi connectivity index (χ2n) is 6.41. The normalized spacial score (nSPS) is 16.0. The first kappa shape index (κ1) is 18.8. The quantitative estimate of drug-likeness (QED) is 0.643. The minimum absolute atomic E-state index is 0.103. The van der Waals surface area contributed by atoms with Gasteiger partial charge in [-0.2, -0.15) is 5.10 Å². The molecule has 0 radical (unpaired) electrons. The van der Waals surface area contributed by atoms with Crippen molar-refractivity contribution in [3.05, 3.63) is 77.1 Å². The van der Waals surface area contributed by atoms with Crippen LogP contribution in [-0.2, 0) is 4.79 Å². The van der Waals surface area contributed by atoms with Crippen molar-refractivity contribution in [2.75, 3.05) is 11.9 Å². The number of carbonyl (C=O) groups excluding carboxylic acids is 2. The second kappa shape index (κ2) is 7.84. The first-order valence-corrected chi connectivity index (χ1v) is 9.21. The van der Waals surface area contributed by atoms with Crippen molar-refractivity contribution in [2.45, 2.75) is 12.5 Å². The van der Waals surface area contributed by atoms with Gasteiger partial charge in [0.05, 0.1) is 24.6 Å². The molecule has 1 atom stereocenters. The van der Waals surface area contributed by atoms with Gasteiger partial charge in [0.15, 0.2) is 0 Å². The first-order valence-electron chi connectivity index (χ1n) is 8.83. The molecular weight excluding hydrogens is 396 g/mol. The number of furan rings is 2. The minimum atomic E-state index is -0.643. The van der Waals surface area contributed by atoms with Crippen LogP contribution in [0.5, 0.6) is 0 Å². The van der Waals surface area contributed by atoms with E-state index in [4.69, 9.17) is 26.2 Å². The van der Waals surface area contributed by atoms with Crippen molar-refractivity contribution in [1.29, 1.82) is 0 Å². The molecule has 2 aromatic heterocycles. The molecule has 0 fully saturated rings. The molecule has 1 aromatic carbocycles. The average Bonchev–Trinajstić information content (AvgIpc) is 3.47. The fourth-order valence-electron chi connectivity index (χ4n) is 3.16. The summed E-state index contributed by atoms with van der Waals surface area (Å²) in [6.07, 6.45) is 3.56. The molecule has 2 amide bonds. The fourth-order valence-corrected chi connectivity index (χ4v) is 3.33. The number of nitrogens with two attached hydrogens (primary N) is 1. The Morgan fingerprint density at radius 2 is 2.00 bits per heavy atom. The van der Waals surface area contributed by atoms with Gasteiger partial charge in [-0.15, -0.1) is 0 Å². The van der Waals surface area contributed by atoms with Crippen LogP contribution in [-0.4, -0.2) is 29.1 Å². The summed E-state index contributed by atoms with van der Waals surface area (Å²) in [4.78, 5) is 24.6. The van der Waals surface area contributed by atoms with Gasteiger partial charge in [0.25, 0.3) is 11.8 Å². The van der Waals surface area contributed by atoms with Crippen LogP contribution in [0, 0.1) is 0 Å². The van der Waals surface area contributed by atoms with E-state index in [0.717, 1.165) is 0 Å². The predicted octanol–water partition coefficient (Wildman–Crippen LogP) is 3.41. The molecule has 8 nitrogen and oxygen atoms in total. The van der Waals surface area contributed by atoms with Crippen LogP contribution in [0.3, 0.4) is 0 Å². The van der Waals surface area contributed by atoms with E-state index in [2.05, 4.69) is 10.4 Å². The molecule has 4 rings (SSSR count). The lowest BCUT2D eigenvalue weighted by molar-refractivity contribution is -0.131. The first-order chi connectivity index (χ1) is 14.0. The highest BCUT2D eigenvalue weighted by molar-refractivity contribution is 6.31. The molecule has 3 heterocycles. The molecule has 3 aromatic rings. The minimum Gasteiger partial charge on any atom is -0.467 e. The lowest BCUT2D eigenvalue weighted by atomic mass is 10.1. The van der Waals surface area contributed by atoms with E-state index in [1.807, 2.05) is 0 Å². The molecule has 0 spiro atoms. The van der Waals surface area contributed by atoms with Crippen LogP contribution < -0.4 is 11.1 Å². The van der Waals surface area contributed by atoms with Crippen molar-refractivity contribution in [3.63, 3.8) is 0 Å². The van der Waals surface area contributed by atoms with Gasteiger partial charge in [-0.1, -0.05) is 11.6 Å². The van der Waals surface area contributed by atoms with E-state index in [1.54, 1.807) is 48.9 Å². The summed E-state index contributed by atoms with van der Waals surface area (Å²) < 4.78 is 10.9. The van der Waals surface area contributed by atoms with Gasteiger partial charge < -0.3 is 19.9 Å². The Bertz CT molecular complexity index is 1060. The number of rotatable bonds is 6. The number of hydrogen-bond donors (Lipinski definition) is 2. The van der Waals surface area contributed by atoms with E-state index in [9.17, 15) is 9.59 Å². The zero-order valence-electron chi connectivity index (χ0n) is 15.2. The molecule has 0 saturated carbocycles. The van der Waals surface area contributed by atoms with Crippen molar-refractivity contribution in [2.24, 2.45) is 10.8 Å². The van der Waals surface area contributed by atoms with Crippen LogP contribution in [0.1, 0.15) is 34.3 Å². The van der Waals surface area contributed by atoms with Crippen molar-refractivity contribution in [3.8, 4) is 0 Å². The van der Waals surface area contributed by atoms with Gasteiger partial charge in [-0.3, -0.25) is 9.59 Å². The third-order valence-electron chi connectivity index (χ3n) is 4.52. The van der Waals surface area contributed by atoms with Gasteiger partial charge in [-0.05, 0) is 42.5 Å². The molecule has 1 aliphatic heterocycles. The number of amides is 2. The number of nitrogens with one attached hydrogen (secondary N) is 1. The van der Waals surface area contributed by atoms with Gasteiger partial charge in [0.1, 0.15) is 23.3 Å². The zero-order valence-corrected chi connectivity index (χ0v) is 15.9. The monoisotopic (exact) mass is 412 g/mol. The van der Waals surface area contributed by atoms with Crippen molar-refractivity contribution >= 4 is 34.8 Å². The van der Waals surface area contributed by atoms with Crippen LogP contribution in [0.15, 0.2) is 68.9 Å². The number of anilines is 1. The summed E-state index contributed by atoms with van der Waals surface area (Å²) in [5.74, 6) is 0.264. The second-order valence-corrected chi connectivity index (χ2v) is 6.84. The molecule has 0 aliphatic carbocycles. The van der Waals surface area contributed by atoms with E-state index < -0.39 is 5.91 Å². The lowest BCUT2D eigenvalue weighted by Gasteiger charge is -2.20. The van der Waals surface area contributed by atoms with E-state index >= 15 is 0 Å². The highest BCUT2D eigenvalue weighted by Gasteiger charge is 2.35. The molecule has 3 N–H and O–H groups in total. The molecule has 29 heavy (non-hydrogen) atoms. The molecule has 148 valence electrons. The van der Waals surface area contributed by atoms with Crippen LogP contribution in [0.4, 0.5) is 5.69 Å². The molecule has 9 heteroatoms. The Hall–Kier alpha value is -3.52. The fraction of sp³-hybridized carbons (Fsp3) is 0.150. The highest BCUT2D eigenvalue weighted by atomic mass is 35.5. The lowest BCUT2D eigenvalue weighted by Crippen LogP contribution is -2.32. The smallest absolute Gasteiger partial charge is 0.262 e. The molecule has 1 unspecified atom stereocenters. The summed E-state index contributed by atoms with van der Waals surface area (Å²) in [5, 5.41) is 9.13. The van der Waals surface area contributed by atoms with Crippen molar-refractivity contribution in [1.82, 2.24) is 5.01 Å². The number of carbonyl (C=O) groups is 2. The molecular formula is C20H17ClN4O4.